The number of ketones is 1. The van der Waals surface area contributed by atoms with Crippen LogP contribution in [0.25, 0.3) is 0 Å². The Kier molecular flexibility index (Phi) is 5.85. The molecule has 29 heavy (non-hydrogen) atoms. The van der Waals surface area contributed by atoms with Crippen LogP contribution in [0, 0.1) is 0 Å². The van der Waals surface area contributed by atoms with E-state index in [4.69, 9.17) is 5.11 Å². The summed E-state index contributed by atoms with van der Waals surface area (Å²) in [7, 11) is -4.20. The SMILES string of the molecule is O=C(O)c1ccc(N/N=C(\C(=O)c2ccccc2)S(=O)(=O)c2ccccc2)cc1. The minimum Gasteiger partial charge on any atom is -0.478 e. The average Bonchev–Trinajstić information content (AvgIpc) is 2.75. The molecule has 0 atom stereocenters. The molecule has 0 aromatic heterocycles. The zero-order chi connectivity index (χ0) is 20.9. The van der Waals surface area contributed by atoms with Gasteiger partial charge in [0.2, 0.25) is 20.7 Å². The molecule has 0 fully saturated rings. The van der Waals surface area contributed by atoms with E-state index in [1.807, 2.05) is 0 Å². The number of nitrogens with zero attached hydrogens (tertiary/aromatic N) is 1. The van der Waals surface area contributed by atoms with Gasteiger partial charge in [0.05, 0.1) is 16.1 Å². The maximum Gasteiger partial charge on any atom is 0.335 e. The highest BCUT2D eigenvalue weighted by atomic mass is 32.2. The predicted octanol–water partition coefficient (Wildman–Crippen LogP) is 3.47. The first-order chi connectivity index (χ1) is 13.9. The quantitative estimate of drug-likeness (QED) is 0.279. The third-order valence-electron chi connectivity index (χ3n) is 3.96. The fraction of sp³-hybridized carbons (Fsp3) is 0. The van der Waals surface area contributed by atoms with Crippen LogP contribution in [0.2, 0.25) is 0 Å². The van der Waals surface area contributed by atoms with Crippen LogP contribution >= 0.6 is 0 Å². The van der Waals surface area contributed by atoms with Crippen LogP contribution in [0.3, 0.4) is 0 Å². The van der Waals surface area contributed by atoms with Crippen molar-refractivity contribution in [1.82, 2.24) is 0 Å². The second kappa shape index (κ2) is 8.49. The Morgan fingerprint density at radius 2 is 1.31 bits per heavy atom. The lowest BCUT2D eigenvalue weighted by molar-refractivity contribution is 0.0696. The lowest BCUT2D eigenvalue weighted by Crippen LogP contribution is -2.26. The number of anilines is 1. The molecule has 0 aliphatic heterocycles. The van der Waals surface area contributed by atoms with Gasteiger partial charge in [0.1, 0.15) is 0 Å². The van der Waals surface area contributed by atoms with Gasteiger partial charge in [0, 0.05) is 5.56 Å². The second-order valence-electron chi connectivity index (χ2n) is 5.92. The standard InChI is InChI=1S/C21H16N2O5S/c24-19(15-7-3-1-4-8-15)20(29(27,28)18-9-5-2-6-10-18)23-22-17-13-11-16(12-14-17)21(25)26/h1-14,22H,(H,25,26)/b23-20+. The largest absolute Gasteiger partial charge is 0.478 e. The minimum atomic E-state index is -4.20. The smallest absolute Gasteiger partial charge is 0.335 e. The molecule has 2 N–H and O–H groups in total. The molecule has 0 bridgehead atoms. The van der Waals surface area contributed by atoms with E-state index in [-0.39, 0.29) is 16.0 Å². The molecule has 0 saturated carbocycles. The molecule has 0 amide bonds. The number of hydrogen-bond donors (Lipinski definition) is 2. The fourth-order valence-electron chi connectivity index (χ4n) is 2.46. The van der Waals surface area contributed by atoms with Crippen molar-refractivity contribution < 1.29 is 23.1 Å². The molecular weight excluding hydrogens is 392 g/mol. The third kappa shape index (κ3) is 4.56. The van der Waals surface area contributed by atoms with Crippen molar-refractivity contribution in [1.29, 1.82) is 0 Å². The van der Waals surface area contributed by atoms with Crippen molar-refractivity contribution in [3.8, 4) is 0 Å². The summed E-state index contributed by atoms with van der Waals surface area (Å²) in [6, 6.07) is 21.0. The van der Waals surface area contributed by atoms with Gasteiger partial charge in [0.15, 0.2) is 0 Å². The van der Waals surface area contributed by atoms with Crippen LogP contribution in [0.15, 0.2) is 94.9 Å². The predicted molar refractivity (Wildman–Crippen MR) is 109 cm³/mol. The monoisotopic (exact) mass is 408 g/mol. The third-order valence-corrected chi connectivity index (χ3v) is 5.64. The Labute approximate surface area is 167 Å². The van der Waals surface area contributed by atoms with Gasteiger partial charge < -0.3 is 5.11 Å². The summed E-state index contributed by atoms with van der Waals surface area (Å²) in [5, 5.41) is 12.2. The number of sulfone groups is 1. The Morgan fingerprint density at radius 1 is 0.759 bits per heavy atom. The summed E-state index contributed by atoms with van der Waals surface area (Å²) in [5.41, 5.74) is 3.10. The molecule has 3 aromatic carbocycles. The lowest BCUT2D eigenvalue weighted by Gasteiger charge is -2.09. The molecular formula is C21H16N2O5S. The van der Waals surface area contributed by atoms with Gasteiger partial charge in [0.25, 0.3) is 0 Å². The Hall–Kier alpha value is -3.78. The minimum absolute atomic E-state index is 0.0638. The number of benzene rings is 3. The van der Waals surface area contributed by atoms with E-state index in [0.717, 1.165) is 0 Å². The van der Waals surface area contributed by atoms with Crippen molar-refractivity contribution in [2.75, 3.05) is 5.43 Å². The molecule has 8 heteroatoms. The highest BCUT2D eigenvalue weighted by Crippen LogP contribution is 2.17. The highest BCUT2D eigenvalue weighted by molar-refractivity contribution is 8.08. The molecule has 0 radical (unpaired) electrons. The molecule has 0 aliphatic carbocycles. The molecule has 0 aliphatic rings. The van der Waals surface area contributed by atoms with E-state index in [1.54, 1.807) is 36.4 Å². The van der Waals surface area contributed by atoms with E-state index in [9.17, 15) is 18.0 Å². The van der Waals surface area contributed by atoms with Gasteiger partial charge in [-0.1, -0.05) is 48.5 Å². The number of carboxylic acid groups (broad SMARTS) is 1. The highest BCUT2D eigenvalue weighted by Gasteiger charge is 2.30. The van der Waals surface area contributed by atoms with Crippen molar-refractivity contribution in [3.05, 3.63) is 96.1 Å². The van der Waals surface area contributed by atoms with Gasteiger partial charge in [-0.3, -0.25) is 10.2 Å². The lowest BCUT2D eigenvalue weighted by atomic mass is 10.1. The van der Waals surface area contributed by atoms with E-state index < -0.39 is 26.6 Å². The maximum absolute atomic E-state index is 13.0. The normalized spacial score (nSPS) is 11.7. The number of hydrazone groups is 1. The van der Waals surface area contributed by atoms with Crippen LogP contribution < -0.4 is 5.43 Å². The van der Waals surface area contributed by atoms with Gasteiger partial charge in [-0.25, -0.2) is 13.2 Å². The number of nitrogens with one attached hydrogen (secondary N) is 1. The first kappa shape index (κ1) is 20.0. The zero-order valence-corrected chi connectivity index (χ0v) is 15.8. The Morgan fingerprint density at radius 3 is 1.86 bits per heavy atom. The molecule has 7 nitrogen and oxygen atoms in total. The molecule has 3 rings (SSSR count). The average molecular weight is 408 g/mol. The van der Waals surface area contributed by atoms with Crippen LogP contribution in [0.5, 0.6) is 0 Å². The van der Waals surface area contributed by atoms with Crippen molar-refractivity contribution in [2.24, 2.45) is 5.10 Å². The van der Waals surface area contributed by atoms with E-state index in [1.165, 1.54) is 48.5 Å². The van der Waals surface area contributed by atoms with Gasteiger partial charge >= 0.3 is 5.97 Å². The number of rotatable bonds is 6. The number of carboxylic acids is 1. The van der Waals surface area contributed by atoms with E-state index >= 15 is 0 Å². The zero-order valence-electron chi connectivity index (χ0n) is 15.0. The second-order valence-corrected chi connectivity index (χ2v) is 7.79. The van der Waals surface area contributed by atoms with Crippen LogP contribution in [0.1, 0.15) is 20.7 Å². The number of carbonyl (C=O) groups excluding carboxylic acids is 1. The van der Waals surface area contributed by atoms with Crippen LogP contribution in [0.4, 0.5) is 5.69 Å². The molecule has 3 aromatic rings. The summed E-state index contributed by atoms with van der Waals surface area (Å²) in [6.45, 7) is 0. The number of aromatic carboxylic acids is 1. The Balaban J connectivity index is 2.02. The van der Waals surface area contributed by atoms with Crippen LogP contribution in [-0.4, -0.2) is 30.3 Å². The summed E-state index contributed by atoms with van der Waals surface area (Å²) in [4.78, 5) is 23.8. The summed E-state index contributed by atoms with van der Waals surface area (Å²) in [6.07, 6.45) is 0. The molecule has 0 heterocycles. The molecule has 146 valence electrons. The van der Waals surface area contributed by atoms with Gasteiger partial charge in [-0.2, -0.15) is 5.10 Å². The number of hydrogen-bond acceptors (Lipinski definition) is 6. The molecule has 0 spiro atoms. The van der Waals surface area contributed by atoms with Gasteiger partial charge in [-0.15, -0.1) is 0 Å². The number of carbonyl (C=O) groups is 2. The molecule has 0 unspecified atom stereocenters. The maximum atomic E-state index is 13.0. The topological polar surface area (TPSA) is 113 Å². The fourth-order valence-corrected chi connectivity index (χ4v) is 3.73. The van der Waals surface area contributed by atoms with E-state index in [0.29, 0.717) is 5.69 Å². The first-order valence-corrected chi connectivity index (χ1v) is 9.95. The first-order valence-electron chi connectivity index (χ1n) is 8.46. The van der Waals surface area contributed by atoms with Crippen molar-refractivity contribution in [3.63, 3.8) is 0 Å². The van der Waals surface area contributed by atoms with E-state index in [2.05, 4.69) is 10.5 Å². The summed E-state index contributed by atoms with van der Waals surface area (Å²) < 4.78 is 26.1. The van der Waals surface area contributed by atoms with Crippen LogP contribution in [-0.2, 0) is 9.84 Å². The summed E-state index contributed by atoms with van der Waals surface area (Å²) in [5.74, 6) is -1.85. The Bertz CT molecular complexity index is 1160. The summed E-state index contributed by atoms with van der Waals surface area (Å²) >= 11 is 0. The van der Waals surface area contributed by atoms with Gasteiger partial charge in [-0.05, 0) is 36.4 Å². The van der Waals surface area contributed by atoms with Crippen molar-refractivity contribution >= 4 is 32.3 Å². The molecule has 0 saturated heterocycles. The number of Topliss-reactive ketones (excluding diaryl/α,β-unsaturated/α-hetero) is 1. The van der Waals surface area contributed by atoms with Crippen molar-refractivity contribution in [2.45, 2.75) is 4.90 Å².